The summed E-state index contributed by atoms with van der Waals surface area (Å²) in [6.07, 6.45) is 3.78. The molecule has 232 valence electrons. The minimum Gasteiger partial charge on any atom is -0.378 e. The van der Waals surface area contributed by atoms with Gasteiger partial charge in [-0.05, 0) is 79.2 Å². The van der Waals surface area contributed by atoms with Gasteiger partial charge in [-0.3, -0.25) is 9.52 Å². The fourth-order valence-electron chi connectivity index (χ4n) is 5.34. The van der Waals surface area contributed by atoms with Gasteiger partial charge in [-0.1, -0.05) is 55.1 Å². The third kappa shape index (κ3) is 12.2. The largest absolute Gasteiger partial charge is 0.378 e. The molecule has 2 aromatic rings. The van der Waals surface area contributed by atoms with Gasteiger partial charge in [-0.15, -0.1) is 0 Å². The fourth-order valence-corrected chi connectivity index (χ4v) is 6.61. The van der Waals surface area contributed by atoms with E-state index in [1.54, 1.807) is 18.9 Å². The molecule has 7 nitrogen and oxygen atoms in total. The van der Waals surface area contributed by atoms with Crippen LogP contribution >= 0.6 is 35.1 Å². The van der Waals surface area contributed by atoms with E-state index in [1.807, 2.05) is 6.07 Å². The highest BCUT2D eigenvalue weighted by Crippen LogP contribution is 2.39. The number of Topliss-reactive ketones (excluding diaryl/α,β-unsaturated/α-hetero) is 1. The summed E-state index contributed by atoms with van der Waals surface area (Å²) in [5, 5.41) is 4.29. The zero-order valence-corrected chi connectivity index (χ0v) is 27.4. The van der Waals surface area contributed by atoms with Gasteiger partial charge in [0.2, 0.25) is 5.91 Å². The molecule has 1 unspecified atom stereocenters. The van der Waals surface area contributed by atoms with Crippen LogP contribution in [-0.4, -0.2) is 69.7 Å². The number of benzene rings is 2. The van der Waals surface area contributed by atoms with Crippen LogP contribution in [0.5, 0.6) is 0 Å². The highest BCUT2D eigenvalue weighted by Gasteiger charge is 2.27. The predicted molar refractivity (Wildman–Crippen MR) is 173 cm³/mol. The van der Waals surface area contributed by atoms with Gasteiger partial charge < -0.3 is 24.5 Å². The molecule has 0 radical (unpaired) electrons. The van der Waals surface area contributed by atoms with E-state index in [0.29, 0.717) is 63.3 Å². The van der Waals surface area contributed by atoms with Crippen LogP contribution in [0.15, 0.2) is 41.3 Å². The molecule has 1 aliphatic rings. The van der Waals surface area contributed by atoms with Crippen molar-refractivity contribution in [2.24, 2.45) is 5.92 Å². The molecule has 0 saturated carbocycles. The molecule has 0 bridgehead atoms. The number of hydrogen-bond donors (Lipinski definition) is 2. The van der Waals surface area contributed by atoms with Gasteiger partial charge >= 0.3 is 0 Å². The Hall–Kier alpha value is -1.65. The van der Waals surface area contributed by atoms with Gasteiger partial charge in [0.05, 0.1) is 26.4 Å². The smallest absolute Gasteiger partial charge is 0.220 e. The minimum atomic E-state index is 0.0123. The molecule has 2 N–H and O–H groups in total. The number of carbonyl (C=O) groups excluding carboxylic acids is 2. The molecule has 0 saturated heterocycles. The molecule has 1 aliphatic heterocycles. The Morgan fingerprint density at radius 3 is 2.57 bits per heavy atom. The Balaban J connectivity index is 1.26. The molecule has 1 amide bonds. The summed E-state index contributed by atoms with van der Waals surface area (Å²) in [6, 6.07) is 12.5. The average molecular weight is 639 g/mol. The molecule has 1 heterocycles. The number of halogens is 2. The number of nitrogens with one attached hydrogen (secondary N) is 2. The number of nitrogens with zero attached hydrogens (tertiary/aromatic N) is 1. The lowest BCUT2D eigenvalue weighted by Gasteiger charge is -2.33. The van der Waals surface area contributed by atoms with E-state index < -0.39 is 0 Å². The number of ether oxygens (including phenoxy) is 2. The van der Waals surface area contributed by atoms with Crippen molar-refractivity contribution in [1.29, 1.82) is 0 Å². The maximum absolute atomic E-state index is 12.1. The van der Waals surface area contributed by atoms with E-state index in [0.717, 1.165) is 47.8 Å². The van der Waals surface area contributed by atoms with Crippen molar-refractivity contribution >= 4 is 46.8 Å². The zero-order chi connectivity index (χ0) is 30.3. The third-order valence-electron chi connectivity index (χ3n) is 7.28. The fraction of sp³-hybridized carbons (Fsp3) is 0.562. The SMILES string of the molecule is CCCC(CCC(=O)NCCOCCOCCNSc1cccc([C@@H]2CN(C)Cc3c(Cl)cc(Cl)cc32)c1)CC(C)=O. The minimum absolute atomic E-state index is 0.0123. The number of likely N-dealkylation sites (N-methyl/N-ethyl adjacent to an activating group) is 1. The molecule has 0 spiro atoms. The van der Waals surface area contributed by atoms with Crippen molar-refractivity contribution in [2.75, 3.05) is 53.1 Å². The number of rotatable bonds is 19. The number of ketones is 1. The summed E-state index contributed by atoms with van der Waals surface area (Å²) >= 11 is 14.5. The Labute approximate surface area is 265 Å². The van der Waals surface area contributed by atoms with Gasteiger partial charge in [-0.2, -0.15) is 0 Å². The molecule has 42 heavy (non-hydrogen) atoms. The molecule has 2 aromatic carbocycles. The standard InChI is InChI=1S/C32H45Cl2N3O4S/c1-4-6-24(17-23(2)38)9-10-32(39)35-11-13-40-15-16-41-14-12-36-42-27-8-5-7-25(18-27)29-21-37(3)22-30-28(29)19-26(33)20-31(30)34/h5,7-8,18-20,24,29,36H,4,6,9-17,21-22H2,1-3H3,(H,35,39)/t24?,29-/m0/s1. The Kier molecular flexibility index (Phi) is 15.7. The van der Waals surface area contributed by atoms with Crippen LogP contribution in [0.4, 0.5) is 0 Å². The van der Waals surface area contributed by atoms with Crippen LogP contribution in [0.1, 0.15) is 68.6 Å². The summed E-state index contributed by atoms with van der Waals surface area (Å²) < 4.78 is 14.6. The van der Waals surface area contributed by atoms with Crippen LogP contribution in [0.25, 0.3) is 0 Å². The maximum atomic E-state index is 12.1. The van der Waals surface area contributed by atoms with Crippen molar-refractivity contribution in [3.05, 3.63) is 63.1 Å². The Bertz CT molecular complexity index is 1150. The Morgan fingerprint density at radius 1 is 1.07 bits per heavy atom. The van der Waals surface area contributed by atoms with E-state index in [1.165, 1.54) is 11.1 Å². The van der Waals surface area contributed by atoms with Gasteiger partial charge in [-0.25, -0.2) is 0 Å². The van der Waals surface area contributed by atoms with Crippen LogP contribution in [0, 0.1) is 5.92 Å². The van der Waals surface area contributed by atoms with Crippen molar-refractivity contribution < 1.29 is 19.1 Å². The summed E-state index contributed by atoms with van der Waals surface area (Å²) in [6.45, 7) is 8.63. The number of fused-ring (bicyclic) bond motifs is 1. The average Bonchev–Trinajstić information content (AvgIpc) is 2.94. The lowest BCUT2D eigenvalue weighted by Crippen LogP contribution is -2.31. The normalized spacial score (nSPS) is 15.8. The van der Waals surface area contributed by atoms with Crippen LogP contribution in [0.3, 0.4) is 0 Å². The molecule has 0 aliphatic carbocycles. The molecule has 2 atom stereocenters. The summed E-state index contributed by atoms with van der Waals surface area (Å²) in [4.78, 5) is 26.9. The molecule has 0 aromatic heterocycles. The monoisotopic (exact) mass is 637 g/mol. The molecule has 10 heteroatoms. The number of hydrogen-bond acceptors (Lipinski definition) is 7. The van der Waals surface area contributed by atoms with Crippen molar-refractivity contribution in [3.8, 4) is 0 Å². The first-order valence-corrected chi connectivity index (χ1v) is 16.4. The van der Waals surface area contributed by atoms with Gasteiger partial charge in [0.15, 0.2) is 0 Å². The maximum Gasteiger partial charge on any atom is 0.220 e. The topological polar surface area (TPSA) is 79.9 Å². The first kappa shape index (κ1) is 34.8. The summed E-state index contributed by atoms with van der Waals surface area (Å²) in [5.41, 5.74) is 3.60. The Morgan fingerprint density at radius 2 is 1.83 bits per heavy atom. The highest BCUT2D eigenvalue weighted by atomic mass is 35.5. The second-order valence-corrected chi connectivity index (χ2v) is 12.8. The van der Waals surface area contributed by atoms with Crippen LogP contribution < -0.4 is 10.0 Å². The van der Waals surface area contributed by atoms with Crippen molar-refractivity contribution in [1.82, 2.24) is 14.9 Å². The van der Waals surface area contributed by atoms with Crippen molar-refractivity contribution in [2.45, 2.75) is 63.3 Å². The first-order valence-electron chi connectivity index (χ1n) is 14.8. The van der Waals surface area contributed by atoms with E-state index in [4.69, 9.17) is 32.7 Å². The van der Waals surface area contributed by atoms with Crippen LogP contribution in [-0.2, 0) is 25.6 Å². The lowest BCUT2D eigenvalue weighted by atomic mass is 9.85. The number of carbonyl (C=O) groups is 2. The zero-order valence-electron chi connectivity index (χ0n) is 25.1. The number of amides is 1. The predicted octanol–water partition coefficient (Wildman–Crippen LogP) is 6.49. The van der Waals surface area contributed by atoms with E-state index in [-0.39, 0.29) is 17.6 Å². The van der Waals surface area contributed by atoms with Crippen LogP contribution in [0.2, 0.25) is 10.0 Å². The molecule has 0 fully saturated rings. The summed E-state index contributed by atoms with van der Waals surface area (Å²) in [7, 11) is 2.12. The highest BCUT2D eigenvalue weighted by molar-refractivity contribution is 7.97. The van der Waals surface area contributed by atoms with Gasteiger partial charge in [0, 0.05) is 59.9 Å². The second kappa shape index (κ2) is 18.9. The van der Waals surface area contributed by atoms with E-state index >= 15 is 0 Å². The molecule has 3 rings (SSSR count). The van der Waals surface area contributed by atoms with Gasteiger partial charge in [0.25, 0.3) is 0 Å². The quantitative estimate of drug-likeness (QED) is 0.135. The van der Waals surface area contributed by atoms with E-state index in [9.17, 15) is 9.59 Å². The lowest BCUT2D eigenvalue weighted by molar-refractivity contribution is -0.122. The van der Waals surface area contributed by atoms with Crippen molar-refractivity contribution in [3.63, 3.8) is 0 Å². The second-order valence-electron chi connectivity index (χ2n) is 10.9. The molecular formula is C32H45Cl2N3O4S. The van der Waals surface area contributed by atoms with Gasteiger partial charge in [0.1, 0.15) is 5.78 Å². The third-order valence-corrected chi connectivity index (χ3v) is 8.68. The molecular weight excluding hydrogens is 593 g/mol. The van der Waals surface area contributed by atoms with E-state index in [2.05, 4.69) is 59.2 Å². The summed E-state index contributed by atoms with van der Waals surface area (Å²) in [5.74, 6) is 0.713. The first-order chi connectivity index (χ1) is 20.3.